The van der Waals surface area contributed by atoms with Gasteiger partial charge >= 0.3 is 6.18 Å². The summed E-state index contributed by atoms with van der Waals surface area (Å²) in [5, 5.41) is 0. The van der Waals surface area contributed by atoms with Crippen LogP contribution in [0.4, 0.5) is 13.2 Å². The third-order valence-electron chi connectivity index (χ3n) is 0.494. The van der Waals surface area contributed by atoms with Crippen LogP contribution in [0.15, 0.2) is 0 Å². The summed E-state index contributed by atoms with van der Waals surface area (Å²) in [5.41, 5.74) is 4.75. The highest BCUT2D eigenvalue weighted by Gasteiger charge is 2.28. The van der Waals surface area contributed by atoms with Crippen LogP contribution in [0.5, 0.6) is 0 Å². The average Bonchev–Trinajstić information content (AvgIpc) is 1.21. The lowest BCUT2D eigenvalue weighted by Gasteiger charge is -2.07. The summed E-state index contributed by atoms with van der Waals surface area (Å²) in [6.45, 7) is 2.98. The van der Waals surface area contributed by atoms with E-state index in [2.05, 4.69) is 6.92 Å². The van der Waals surface area contributed by atoms with Crippen LogP contribution < -0.4 is 5.73 Å². The Hall–Kier alpha value is -0.250. The van der Waals surface area contributed by atoms with E-state index in [0.717, 1.165) is 0 Å². The van der Waals surface area contributed by atoms with Gasteiger partial charge in [0.05, 0.1) is 6.42 Å². The molecule has 49 valence electrons. The molecule has 0 heterocycles. The van der Waals surface area contributed by atoms with Gasteiger partial charge in [0.1, 0.15) is 0 Å². The Labute approximate surface area is 45.7 Å². The van der Waals surface area contributed by atoms with Crippen LogP contribution in [0.1, 0.15) is 6.42 Å². The maximum atomic E-state index is 11.2. The van der Waals surface area contributed by atoms with E-state index in [4.69, 9.17) is 5.73 Å². The maximum Gasteiger partial charge on any atom is 0.390 e. The van der Waals surface area contributed by atoms with E-state index in [9.17, 15) is 13.2 Å². The van der Waals surface area contributed by atoms with E-state index >= 15 is 0 Å². The van der Waals surface area contributed by atoms with Crippen molar-refractivity contribution in [2.45, 2.75) is 18.6 Å². The minimum atomic E-state index is -4.17. The highest BCUT2D eigenvalue weighted by Crippen LogP contribution is 2.19. The second-order valence-corrected chi connectivity index (χ2v) is 1.58. The SMILES string of the molecule is [CH2]C(N)CC(F)(F)F. The molecule has 0 amide bonds. The van der Waals surface area contributed by atoms with Crippen molar-refractivity contribution in [2.24, 2.45) is 5.73 Å². The van der Waals surface area contributed by atoms with E-state index < -0.39 is 18.6 Å². The quantitative estimate of drug-likeness (QED) is 0.559. The van der Waals surface area contributed by atoms with E-state index in [1.54, 1.807) is 0 Å². The lowest BCUT2D eigenvalue weighted by molar-refractivity contribution is -0.135. The van der Waals surface area contributed by atoms with Gasteiger partial charge in [-0.15, -0.1) is 0 Å². The number of hydrogen-bond donors (Lipinski definition) is 1. The zero-order valence-electron chi connectivity index (χ0n) is 4.20. The zero-order valence-corrected chi connectivity index (χ0v) is 4.20. The standard InChI is InChI=1S/C4H7F3N/c1-3(8)2-4(5,6)7/h3H,1-2,8H2. The molecule has 0 rings (SSSR count). The third-order valence-corrected chi connectivity index (χ3v) is 0.494. The zero-order chi connectivity index (χ0) is 6.78. The Morgan fingerprint density at radius 1 is 1.50 bits per heavy atom. The Morgan fingerprint density at radius 2 is 1.88 bits per heavy atom. The van der Waals surface area contributed by atoms with Crippen LogP contribution in [0, 0.1) is 6.92 Å². The van der Waals surface area contributed by atoms with Gasteiger partial charge in [-0.05, 0) is 6.92 Å². The molecule has 0 saturated carbocycles. The summed E-state index contributed by atoms with van der Waals surface area (Å²) in [6.07, 6.45) is -5.17. The smallest absolute Gasteiger partial charge is 0.327 e. The third kappa shape index (κ3) is 5.75. The molecule has 1 atom stereocenters. The van der Waals surface area contributed by atoms with Crippen molar-refractivity contribution in [3.8, 4) is 0 Å². The highest BCUT2D eigenvalue weighted by atomic mass is 19.4. The number of hydrogen-bond acceptors (Lipinski definition) is 1. The molecule has 1 unspecified atom stereocenters. The molecule has 4 heteroatoms. The summed E-state index contributed by atoms with van der Waals surface area (Å²) >= 11 is 0. The first kappa shape index (κ1) is 7.75. The summed E-state index contributed by atoms with van der Waals surface area (Å²) in [4.78, 5) is 0. The second-order valence-electron chi connectivity index (χ2n) is 1.58. The summed E-state index contributed by atoms with van der Waals surface area (Å²) in [6, 6.07) is -1.03. The average molecular weight is 126 g/mol. The molecular weight excluding hydrogens is 119 g/mol. The highest BCUT2D eigenvalue weighted by molar-refractivity contribution is 4.66. The largest absolute Gasteiger partial charge is 0.390 e. The van der Waals surface area contributed by atoms with Gasteiger partial charge in [0, 0.05) is 6.04 Å². The molecule has 0 spiro atoms. The monoisotopic (exact) mass is 126 g/mol. The number of alkyl halides is 3. The lowest BCUT2D eigenvalue weighted by atomic mass is 10.2. The van der Waals surface area contributed by atoms with Crippen molar-refractivity contribution >= 4 is 0 Å². The normalized spacial score (nSPS) is 16.1. The Morgan fingerprint density at radius 3 is 1.88 bits per heavy atom. The van der Waals surface area contributed by atoms with Gasteiger partial charge in [-0.1, -0.05) is 0 Å². The summed E-state index contributed by atoms with van der Waals surface area (Å²) in [7, 11) is 0. The molecule has 0 aliphatic carbocycles. The maximum absolute atomic E-state index is 11.2. The molecule has 1 radical (unpaired) electrons. The first-order chi connectivity index (χ1) is 3.42. The Balaban J connectivity index is 3.39. The van der Waals surface area contributed by atoms with Crippen LogP contribution >= 0.6 is 0 Å². The molecular formula is C4H7F3N. The molecule has 0 aliphatic rings. The summed E-state index contributed by atoms with van der Waals surface area (Å²) in [5.74, 6) is 0. The Kier molecular flexibility index (Phi) is 2.27. The summed E-state index contributed by atoms with van der Waals surface area (Å²) < 4.78 is 33.6. The van der Waals surface area contributed by atoms with Crippen molar-refractivity contribution in [3.63, 3.8) is 0 Å². The number of nitrogens with two attached hydrogens (primary N) is 1. The fourth-order valence-electron chi connectivity index (χ4n) is 0.297. The van der Waals surface area contributed by atoms with Gasteiger partial charge in [-0.25, -0.2) is 0 Å². The molecule has 0 fully saturated rings. The fraction of sp³-hybridized carbons (Fsp3) is 0.750. The predicted octanol–water partition coefficient (Wildman–Crippen LogP) is 1.10. The fourth-order valence-corrected chi connectivity index (χ4v) is 0.297. The van der Waals surface area contributed by atoms with Crippen molar-refractivity contribution in [2.75, 3.05) is 0 Å². The van der Waals surface area contributed by atoms with Crippen LogP contribution in [0.2, 0.25) is 0 Å². The van der Waals surface area contributed by atoms with Gasteiger partial charge in [0.25, 0.3) is 0 Å². The molecule has 1 nitrogen and oxygen atoms in total. The first-order valence-corrected chi connectivity index (χ1v) is 2.07. The van der Waals surface area contributed by atoms with E-state index in [1.807, 2.05) is 0 Å². The number of rotatable bonds is 1. The van der Waals surface area contributed by atoms with E-state index in [1.165, 1.54) is 0 Å². The lowest BCUT2D eigenvalue weighted by Crippen LogP contribution is -2.24. The van der Waals surface area contributed by atoms with Gasteiger partial charge in [-0.3, -0.25) is 0 Å². The molecule has 0 saturated heterocycles. The first-order valence-electron chi connectivity index (χ1n) is 2.07. The van der Waals surface area contributed by atoms with E-state index in [0.29, 0.717) is 0 Å². The molecule has 0 bridgehead atoms. The predicted molar refractivity (Wildman–Crippen MR) is 24.0 cm³/mol. The molecule has 0 aromatic rings. The van der Waals surface area contributed by atoms with Crippen molar-refractivity contribution in [3.05, 3.63) is 6.92 Å². The van der Waals surface area contributed by atoms with Crippen molar-refractivity contribution in [1.82, 2.24) is 0 Å². The number of halogens is 3. The van der Waals surface area contributed by atoms with Gasteiger partial charge in [0.15, 0.2) is 0 Å². The van der Waals surface area contributed by atoms with Crippen LogP contribution in [0.3, 0.4) is 0 Å². The molecule has 0 aromatic heterocycles. The van der Waals surface area contributed by atoms with Crippen LogP contribution in [-0.2, 0) is 0 Å². The topological polar surface area (TPSA) is 26.0 Å². The minimum Gasteiger partial charge on any atom is -0.327 e. The minimum absolute atomic E-state index is 1.01. The van der Waals surface area contributed by atoms with Gasteiger partial charge in [0.2, 0.25) is 0 Å². The molecule has 0 aromatic carbocycles. The van der Waals surface area contributed by atoms with Crippen molar-refractivity contribution in [1.29, 1.82) is 0 Å². The second kappa shape index (κ2) is 2.35. The van der Waals surface area contributed by atoms with Crippen LogP contribution in [0.25, 0.3) is 0 Å². The van der Waals surface area contributed by atoms with Gasteiger partial charge < -0.3 is 5.73 Å². The molecule has 2 N–H and O–H groups in total. The van der Waals surface area contributed by atoms with Crippen molar-refractivity contribution < 1.29 is 13.2 Å². The van der Waals surface area contributed by atoms with Crippen LogP contribution in [-0.4, -0.2) is 12.2 Å². The van der Waals surface area contributed by atoms with Gasteiger partial charge in [-0.2, -0.15) is 13.2 Å². The Bertz CT molecular complexity index is 66.2. The van der Waals surface area contributed by atoms with E-state index in [-0.39, 0.29) is 0 Å². The molecule has 8 heavy (non-hydrogen) atoms. The molecule has 0 aliphatic heterocycles.